The van der Waals surface area contributed by atoms with Crippen LogP contribution in [0.1, 0.15) is 16.2 Å². The average molecular weight is 374 g/mol. The van der Waals surface area contributed by atoms with Crippen LogP contribution in [0.15, 0.2) is 60.8 Å². The van der Waals surface area contributed by atoms with Crippen molar-refractivity contribution in [1.82, 2.24) is 25.3 Å². The van der Waals surface area contributed by atoms with Crippen molar-refractivity contribution in [1.29, 1.82) is 0 Å². The van der Waals surface area contributed by atoms with E-state index in [9.17, 15) is 9.18 Å². The molecule has 0 saturated heterocycles. The van der Waals surface area contributed by atoms with Crippen molar-refractivity contribution in [2.24, 2.45) is 0 Å². The average Bonchev–Trinajstić information content (AvgIpc) is 2.73. The lowest BCUT2D eigenvalue weighted by Crippen LogP contribution is -2.25. The Kier molecular flexibility index (Phi) is 4.59. The Morgan fingerprint density at radius 3 is 2.61 bits per heavy atom. The van der Waals surface area contributed by atoms with Crippen molar-refractivity contribution in [2.75, 3.05) is 5.73 Å². The van der Waals surface area contributed by atoms with Gasteiger partial charge < -0.3 is 11.1 Å². The lowest BCUT2D eigenvalue weighted by Gasteiger charge is -2.09. The number of nitrogen functional groups attached to an aromatic ring is 1. The largest absolute Gasteiger partial charge is 0.368 e. The maximum atomic E-state index is 14.0. The Morgan fingerprint density at radius 1 is 0.964 bits per heavy atom. The Bertz CT molecular complexity index is 1170. The zero-order valence-electron chi connectivity index (χ0n) is 14.6. The van der Waals surface area contributed by atoms with Gasteiger partial charge >= 0.3 is 0 Å². The molecule has 0 aliphatic carbocycles. The highest BCUT2D eigenvalue weighted by atomic mass is 19.1. The lowest BCUT2D eigenvalue weighted by atomic mass is 10.1. The molecule has 0 atom stereocenters. The van der Waals surface area contributed by atoms with Crippen LogP contribution < -0.4 is 11.1 Å². The molecule has 0 bridgehead atoms. The van der Waals surface area contributed by atoms with Gasteiger partial charge in [-0.05, 0) is 30.3 Å². The van der Waals surface area contributed by atoms with Crippen LogP contribution in [0.4, 0.5) is 10.3 Å². The maximum Gasteiger partial charge on any atom is 0.271 e. The number of anilines is 1. The summed E-state index contributed by atoms with van der Waals surface area (Å²) in [5, 5.41) is 3.04. The molecule has 138 valence electrons. The van der Waals surface area contributed by atoms with Gasteiger partial charge in [0.25, 0.3) is 5.91 Å². The van der Waals surface area contributed by atoms with Gasteiger partial charge in [-0.1, -0.05) is 24.3 Å². The van der Waals surface area contributed by atoms with Crippen LogP contribution in [0.2, 0.25) is 0 Å². The van der Waals surface area contributed by atoms with Gasteiger partial charge in [0.15, 0.2) is 0 Å². The summed E-state index contributed by atoms with van der Waals surface area (Å²) in [4.78, 5) is 29.3. The first kappa shape index (κ1) is 17.5. The summed E-state index contributed by atoms with van der Waals surface area (Å²) in [7, 11) is 0. The zero-order chi connectivity index (χ0) is 19.5. The van der Waals surface area contributed by atoms with Gasteiger partial charge in [0.1, 0.15) is 17.0 Å². The molecule has 0 fully saturated rings. The van der Waals surface area contributed by atoms with Crippen molar-refractivity contribution in [3.05, 3.63) is 78.0 Å². The second-order valence-corrected chi connectivity index (χ2v) is 5.98. The van der Waals surface area contributed by atoms with Gasteiger partial charge in [-0.2, -0.15) is 0 Å². The summed E-state index contributed by atoms with van der Waals surface area (Å²) < 4.78 is 14.0. The number of carbonyl (C=O) groups is 1. The minimum atomic E-state index is -0.564. The highest BCUT2D eigenvalue weighted by Crippen LogP contribution is 2.20. The molecule has 0 spiro atoms. The zero-order valence-corrected chi connectivity index (χ0v) is 14.6. The van der Waals surface area contributed by atoms with Crippen LogP contribution in [-0.2, 0) is 6.54 Å². The number of amides is 1. The fourth-order valence-corrected chi connectivity index (χ4v) is 2.80. The molecule has 28 heavy (non-hydrogen) atoms. The van der Waals surface area contributed by atoms with Crippen molar-refractivity contribution in [3.63, 3.8) is 0 Å². The van der Waals surface area contributed by atoms with Crippen LogP contribution in [0.3, 0.4) is 0 Å². The molecule has 4 rings (SSSR count). The number of nitrogens with two attached hydrogens (primary N) is 1. The van der Waals surface area contributed by atoms with E-state index in [2.05, 4.69) is 25.3 Å². The molecule has 3 heterocycles. The number of benzene rings is 1. The van der Waals surface area contributed by atoms with Gasteiger partial charge in [0.05, 0.1) is 23.6 Å². The summed E-state index contributed by atoms with van der Waals surface area (Å²) in [6.07, 6.45) is 1.69. The van der Waals surface area contributed by atoms with Crippen LogP contribution in [0.25, 0.3) is 22.3 Å². The molecule has 0 aliphatic heterocycles. The summed E-state index contributed by atoms with van der Waals surface area (Å²) in [6.45, 7) is 0.167. The monoisotopic (exact) mass is 374 g/mol. The molecule has 0 aliphatic rings. The molecule has 1 aromatic carbocycles. The number of nitrogens with one attached hydrogen (secondary N) is 1. The van der Waals surface area contributed by atoms with Crippen molar-refractivity contribution in [3.8, 4) is 11.4 Å². The fraction of sp³-hybridized carbons (Fsp3) is 0.0500. The Hall–Kier alpha value is -3.94. The minimum Gasteiger partial charge on any atom is -0.368 e. The highest BCUT2D eigenvalue weighted by Gasteiger charge is 2.16. The number of pyridine rings is 2. The van der Waals surface area contributed by atoms with E-state index >= 15 is 0 Å². The van der Waals surface area contributed by atoms with E-state index in [-0.39, 0.29) is 23.7 Å². The number of hydrogen-bond donors (Lipinski definition) is 2. The Balaban J connectivity index is 1.58. The molecule has 4 aromatic rings. The number of halogens is 1. The molecule has 3 aromatic heterocycles. The third-order valence-electron chi connectivity index (χ3n) is 4.07. The number of carbonyl (C=O) groups excluding carboxylic acids is 1. The molecule has 7 nitrogen and oxygen atoms in total. The van der Waals surface area contributed by atoms with Crippen LogP contribution >= 0.6 is 0 Å². The highest BCUT2D eigenvalue weighted by molar-refractivity contribution is 6.04. The standard InChI is InChI=1S/C20H15FN6O/c21-14-7-4-6-13-17(14)26-20(22)27-18(13)19(28)24-11-12-5-3-9-16(25-12)15-8-1-2-10-23-15/h1-10H,11H2,(H,24,28)(H2,22,26,27). The van der Waals surface area contributed by atoms with Crippen LogP contribution in [0, 0.1) is 5.82 Å². The second-order valence-electron chi connectivity index (χ2n) is 5.98. The summed E-state index contributed by atoms with van der Waals surface area (Å²) >= 11 is 0. The Labute approximate surface area is 159 Å². The first-order valence-electron chi connectivity index (χ1n) is 8.49. The fourth-order valence-electron chi connectivity index (χ4n) is 2.80. The van der Waals surface area contributed by atoms with Crippen LogP contribution in [-0.4, -0.2) is 25.8 Å². The summed E-state index contributed by atoms with van der Waals surface area (Å²) in [5.74, 6) is -1.22. The number of aromatic nitrogens is 4. The molecular weight excluding hydrogens is 359 g/mol. The Morgan fingerprint density at radius 2 is 1.79 bits per heavy atom. The molecule has 0 saturated carbocycles. The predicted molar refractivity (Wildman–Crippen MR) is 103 cm³/mol. The van der Waals surface area contributed by atoms with Crippen LogP contribution in [0.5, 0.6) is 0 Å². The smallest absolute Gasteiger partial charge is 0.271 e. The van der Waals surface area contributed by atoms with Crippen molar-refractivity contribution >= 4 is 22.8 Å². The molecule has 3 N–H and O–H groups in total. The summed E-state index contributed by atoms with van der Waals surface area (Å²) in [5.41, 5.74) is 7.75. The molecule has 0 radical (unpaired) electrons. The van der Waals surface area contributed by atoms with E-state index < -0.39 is 11.7 Å². The van der Waals surface area contributed by atoms with E-state index in [1.165, 1.54) is 12.1 Å². The van der Waals surface area contributed by atoms with Gasteiger partial charge in [0.2, 0.25) is 5.95 Å². The van der Waals surface area contributed by atoms with Gasteiger partial charge in [-0.25, -0.2) is 19.3 Å². The minimum absolute atomic E-state index is 0.00965. The lowest BCUT2D eigenvalue weighted by molar-refractivity contribution is 0.0947. The number of rotatable bonds is 4. The molecule has 1 amide bonds. The van der Waals surface area contributed by atoms with Gasteiger partial charge in [0, 0.05) is 11.6 Å². The third kappa shape index (κ3) is 3.48. The quantitative estimate of drug-likeness (QED) is 0.569. The first-order chi connectivity index (χ1) is 13.6. The van der Waals surface area contributed by atoms with E-state index in [0.717, 1.165) is 5.69 Å². The first-order valence-corrected chi connectivity index (χ1v) is 8.49. The SMILES string of the molecule is Nc1nc(C(=O)NCc2cccc(-c3ccccn3)n2)c2cccc(F)c2n1. The number of fused-ring (bicyclic) bond motifs is 1. The third-order valence-corrected chi connectivity index (χ3v) is 4.07. The number of nitrogens with zero attached hydrogens (tertiary/aromatic N) is 4. The predicted octanol–water partition coefficient (Wildman–Crippen LogP) is 2.74. The van der Waals surface area contributed by atoms with Gasteiger partial charge in [-0.3, -0.25) is 9.78 Å². The van der Waals surface area contributed by atoms with E-state index in [4.69, 9.17) is 5.73 Å². The molecule has 8 heteroatoms. The van der Waals surface area contributed by atoms with Crippen molar-refractivity contribution in [2.45, 2.75) is 6.54 Å². The number of para-hydroxylation sites is 1. The van der Waals surface area contributed by atoms with E-state index in [1.807, 2.05) is 30.3 Å². The number of hydrogen-bond acceptors (Lipinski definition) is 6. The molecular formula is C20H15FN6O. The topological polar surface area (TPSA) is 107 Å². The second kappa shape index (κ2) is 7.36. The van der Waals surface area contributed by atoms with E-state index in [1.54, 1.807) is 18.3 Å². The van der Waals surface area contributed by atoms with Gasteiger partial charge in [-0.15, -0.1) is 0 Å². The molecule has 0 unspecified atom stereocenters. The maximum absolute atomic E-state index is 14.0. The van der Waals surface area contributed by atoms with E-state index in [0.29, 0.717) is 16.8 Å². The summed E-state index contributed by atoms with van der Waals surface area (Å²) in [6, 6.07) is 15.4. The van der Waals surface area contributed by atoms with Crippen molar-refractivity contribution < 1.29 is 9.18 Å². The normalized spacial score (nSPS) is 10.8.